The molecular formula is C22H20Cl2N2O6S. The summed E-state index contributed by atoms with van der Waals surface area (Å²) >= 11 is 12.0. The molecule has 0 bridgehead atoms. The number of nitrogens with one attached hydrogen (secondary N) is 2. The molecule has 0 heterocycles. The molecule has 0 saturated carbocycles. The third-order valence-corrected chi connectivity index (χ3v) is 6.28. The Morgan fingerprint density at radius 2 is 1.61 bits per heavy atom. The van der Waals surface area contributed by atoms with Crippen LogP contribution in [-0.4, -0.2) is 35.2 Å². The fourth-order valence-electron chi connectivity index (χ4n) is 2.74. The Morgan fingerprint density at radius 1 is 0.909 bits per heavy atom. The Bertz CT molecular complexity index is 1250. The van der Waals surface area contributed by atoms with Crippen LogP contribution in [0.1, 0.15) is 0 Å². The summed E-state index contributed by atoms with van der Waals surface area (Å²) in [7, 11) is -0.905. The molecule has 3 aromatic rings. The standard InChI is InChI=1S/C22H20Cl2N2O6S/c1-30-16-7-9-21(31-2)19(11-16)25-22(27)13-32-20-10-8-17(12-18(20)24)33(28,29)26-15-5-3-14(23)4-6-15/h3-12,26H,13H2,1-2H3,(H,25,27). The van der Waals surface area contributed by atoms with Gasteiger partial charge in [0.1, 0.15) is 17.2 Å². The fraction of sp³-hybridized carbons (Fsp3) is 0.136. The number of sulfonamides is 1. The van der Waals surface area contributed by atoms with Crippen LogP contribution in [0.3, 0.4) is 0 Å². The van der Waals surface area contributed by atoms with E-state index in [2.05, 4.69) is 10.0 Å². The van der Waals surface area contributed by atoms with E-state index in [9.17, 15) is 13.2 Å². The van der Waals surface area contributed by atoms with Gasteiger partial charge in [-0.25, -0.2) is 8.42 Å². The number of benzene rings is 3. The van der Waals surface area contributed by atoms with Crippen LogP contribution in [0.2, 0.25) is 10.0 Å². The second-order valence-corrected chi connectivity index (χ2v) is 9.13. The Hall–Kier alpha value is -3.14. The van der Waals surface area contributed by atoms with Crippen molar-refractivity contribution in [3.8, 4) is 17.2 Å². The summed E-state index contributed by atoms with van der Waals surface area (Å²) in [6.45, 7) is -0.366. The summed E-state index contributed by atoms with van der Waals surface area (Å²) < 4.78 is 43.5. The van der Waals surface area contributed by atoms with Gasteiger partial charge in [-0.05, 0) is 54.6 Å². The summed E-state index contributed by atoms with van der Waals surface area (Å²) in [4.78, 5) is 12.3. The first-order valence-electron chi connectivity index (χ1n) is 9.44. The summed E-state index contributed by atoms with van der Waals surface area (Å²) in [5.74, 6) is 0.664. The lowest BCUT2D eigenvalue weighted by molar-refractivity contribution is -0.118. The van der Waals surface area contributed by atoms with Gasteiger partial charge < -0.3 is 19.5 Å². The van der Waals surface area contributed by atoms with Crippen LogP contribution in [-0.2, 0) is 14.8 Å². The van der Waals surface area contributed by atoms with Crippen LogP contribution >= 0.6 is 23.2 Å². The zero-order valence-corrected chi connectivity index (χ0v) is 19.9. The molecule has 11 heteroatoms. The van der Waals surface area contributed by atoms with E-state index in [1.165, 1.54) is 44.6 Å². The molecular weight excluding hydrogens is 491 g/mol. The number of rotatable bonds is 9. The van der Waals surface area contributed by atoms with Crippen molar-refractivity contribution in [3.05, 3.63) is 70.7 Å². The largest absolute Gasteiger partial charge is 0.497 e. The molecule has 174 valence electrons. The minimum atomic E-state index is -3.89. The number of hydrogen-bond acceptors (Lipinski definition) is 6. The lowest BCUT2D eigenvalue weighted by Gasteiger charge is -2.13. The molecule has 0 aromatic heterocycles. The highest BCUT2D eigenvalue weighted by atomic mass is 35.5. The Labute approximate surface area is 201 Å². The van der Waals surface area contributed by atoms with Gasteiger partial charge in [-0.3, -0.25) is 9.52 Å². The average Bonchev–Trinajstić information content (AvgIpc) is 2.79. The maximum absolute atomic E-state index is 12.6. The topological polar surface area (TPSA) is 103 Å². The van der Waals surface area contributed by atoms with Crippen LogP contribution in [0, 0.1) is 0 Å². The molecule has 0 atom stereocenters. The average molecular weight is 511 g/mol. The van der Waals surface area contributed by atoms with E-state index in [0.717, 1.165) is 0 Å². The SMILES string of the molecule is COc1ccc(OC)c(NC(=O)COc2ccc(S(=O)(=O)Nc3ccc(Cl)cc3)cc2Cl)c1. The van der Waals surface area contributed by atoms with E-state index in [1.807, 2.05) is 0 Å². The lowest BCUT2D eigenvalue weighted by atomic mass is 10.2. The fourth-order valence-corrected chi connectivity index (χ4v) is 4.25. The quantitative estimate of drug-likeness (QED) is 0.427. The Morgan fingerprint density at radius 3 is 2.24 bits per heavy atom. The third kappa shape index (κ3) is 6.44. The number of ether oxygens (including phenoxy) is 3. The van der Waals surface area contributed by atoms with Crippen molar-refractivity contribution in [2.45, 2.75) is 4.90 Å². The molecule has 0 radical (unpaired) electrons. The normalized spacial score (nSPS) is 10.9. The van der Waals surface area contributed by atoms with Crippen LogP contribution in [0.4, 0.5) is 11.4 Å². The number of anilines is 2. The zero-order valence-electron chi connectivity index (χ0n) is 17.6. The van der Waals surface area contributed by atoms with Crippen molar-refractivity contribution < 1.29 is 27.4 Å². The maximum Gasteiger partial charge on any atom is 0.262 e. The van der Waals surface area contributed by atoms with E-state index < -0.39 is 15.9 Å². The van der Waals surface area contributed by atoms with Crippen molar-refractivity contribution in [3.63, 3.8) is 0 Å². The number of methoxy groups -OCH3 is 2. The van der Waals surface area contributed by atoms with E-state index in [1.54, 1.807) is 30.3 Å². The number of carbonyl (C=O) groups is 1. The minimum absolute atomic E-state index is 0.0285. The summed E-state index contributed by atoms with van der Waals surface area (Å²) in [5.41, 5.74) is 0.756. The highest BCUT2D eigenvalue weighted by Gasteiger charge is 2.17. The smallest absolute Gasteiger partial charge is 0.262 e. The molecule has 0 aliphatic rings. The molecule has 1 amide bonds. The van der Waals surface area contributed by atoms with Gasteiger partial charge in [0.2, 0.25) is 0 Å². The number of amides is 1. The molecule has 8 nitrogen and oxygen atoms in total. The highest BCUT2D eigenvalue weighted by molar-refractivity contribution is 7.92. The molecule has 0 saturated heterocycles. The van der Waals surface area contributed by atoms with Crippen LogP contribution in [0.25, 0.3) is 0 Å². The number of carbonyl (C=O) groups excluding carboxylic acids is 1. The van der Waals surface area contributed by atoms with Gasteiger partial charge in [0.05, 0.1) is 29.8 Å². The summed E-state index contributed by atoms with van der Waals surface area (Å²) in [6, 6.07) is 15.1. The van der Waals surface area contributed by atoms with Gasteiger partial charge in [-0.1, -0.05) is 23.2 Å². The molecule has 0 aliphatic heterocycles. The molecule has 33 heavy (non-hydrogen) atoms. The zero-order chi connectivity index (χ0) is 24.0. The molecule has 0 spiro atoms. The summed E-state index contributed by atoms with van der Waals surface area (Å²) in [5, 5.41) is 3.18. The molecule has 3 aromatic carbocycles. The van der Waals surface area contributed by atoms with Crippen molar-refractivity contribution in [2.24, 2.45) is 0 Å². The maximum atomic E-state index is 12.6. The van der Waals surface area contributed by atoms with Gasteiger partial charge >= 0.3 is 0 Å². The van der Waals surface area contributed by atoms with Crippen molar-refractivity contribution in [1.29, 1.82) is 0 Å². The second-order valence-electron chi connectivity index (χ2n) is 6.61. The van der Waals surface area contributed by atoms with Gasteiger partial charge in [0.25, 0.3) is 15.9 Å². The van der Waals surface area contributed by atoms with Gasteiger partial charge in [-0.15, -0.1) is 0 Å². The predicted molar refractivity (Wildman–Crippen MR) is 127 cm³/mol. The lowest BCUT2D eigenvalue weighted by Crippen LogP contribution is -2.20. The molecule has 3 rings (SSSR count). The first-order chi connectivity index (χ1) is 15.7. The van der Waals surface area contributed by atoms with Gasteiger partial charge in [-0.2, -0.15) is 0 Å². The van der Waals surface area contributed by atoms with Crippen LogP contribution in [0.15, 0.2) is 65.6 Å². The van der Waals surface area contributed by atoms with E-state index in [0.29, 0.717) is 27.9 Å². The Balaban J connectivity index is 1.66. The predicted octanol–water partition coefficient (Wildman–Crippen LogP) is 4.83. The van der Waals surface area contributed by atoms with E-state index in [-0.39, 0.29) is 22.3 Å². The van der Waals surface area contributed by atoms with Crippen LogP contribution < -0.4 is 24.2 Å². The van der Waals surface area contributed by atoms with Crippen molar-refractivity contribution in [2.75, 3.05) is 30.9 Å². The molecule has 2 N–H and O–H groups in total. The summed E-state index contributed by atoms with van der Waals surface area (Å²) in [6.07, 6.45) is 0. The van der Waals surface area contributed by atoms with Crippen LogP contribution in [0.5, 0.6) is 17.2 Å². The molecule has 0 aliphatic carbocycles. The number of halogens is 2. The highest BCUT2D eigenvalue weighted by Crippen LogP contribution is 2.30. The third-order valence-electron chi connectivity index (χ3n) is 4.35. The van der Waals surface area contributed by atoms with Gasteiger partial charge in [0, 0.05) is 16.8 Å². The molecule has 0 unspecified atom stereocenters. The van der Waals surface area contributed by atoms with E-state index in [4.69, 9.17) is 37.4 Å². The Kier molecular flexibility index (Phi) is 7.91. The van der Waals surface area contributed by atoms with Crippen molar-refractivity contribution >= 4 is 50.5 Å². The second kappa shape index (κ2) is 10.7. The van der Waals surface area contributed by atoms with E-state index >= 15 is 0 Å². The monoisotopic (exact) mass is 510 g/mol. The molecule has 0 fully saturated rings. The number of hydrogen-bond donors (Lipinski definition) is 2. The first kappa shape index (κ1) is 24.5. The van der Waals surface area contributed by atoms with Crippen molar-refractivity contribution in [1.82, 2.24) is 0 Å². The first-order valence-corrected chi connectivity index (χ1v) is 11.7. The minimum Gasteiger partial charge on any atom is -0.497 e. The van der Waals surface area contributed by atoms with Gasteiger partial charge in [0.15, 0.2) is 6.61 Å².